The van der Waals surface area contributed by atoms with Crippen LogP contribution in [0, 0.1) is 17.1 Å². The zero-order chi connectivity index (χ0) is 16.8. The number of benzene rings is 2. The summed E-state index contributed by atoms with van der Waals surface area (Å²) in [4.78, 5) is 4.06. The summed E-state index contributed by atoms with van der Waals surface area (Å²) < 4.78 is 18.7. The fourth-order valence-electron chi connectivity index (χ4n) is 1.87. The van der Waals surface area contributed by atoms with E-state index in [0.717, 1.165) is 0 Å². The highest BCUT2D eigenvalue weighted by Gasteiger charge is 2.05. The number of hydrogen-bond acceptors (Lipinski definition) is 3. The molecule has 2 aromatic rings. The maximum absolute atomic E-state index is 13.6. The summed E-state index contributed by atoms with van der Waals surface area (Å²) in [5, 5.41) is 12.1. The van der Waals surface area contributed by atoms with Crippen LogP contribution in [0.2, 0.25) is 5.02 Å². The summed E-state index contributed by atoms with van der Waals surface area (Å²) >= 11 is 6.01. The normalized spacial score (nSPS) is 10.5. The molecule has 0 amide bonds. The highest BCUT2D eigenvalue weighted by atomic mass is 127. The van der Waals surface area contributed by atoms with Gasteiger partial charge in [-0.25, -0.2) is 9.38 Å². The molecule has 3 N–H and O–H groups in total. The number of guanidine groups is 1. The molecule has 2 aromatic carbocycles. The number of aliphatic imine (C=N–C) groups is 1. The molecular weight excluding hydrogens is 446 g/mol. The highest BCUT2D eigenvalue weighted by molar-refractivity contribution is 14.0. The minimum absolute atomic E-state index is 0. The third kappa shape index (κ3) is 5.25. The van der Waals surface area contributed by atoms with Gasteiger partial charge in [0.2, 0.25) is 0 Å². The Labute approximate surface area is 161 Å². The standard InChI is InChI=1S/C16H14ClFN4O.HI/c1-23-15-5-3-12(7-13(15)17)22-16(20)21-9-11-6-10(8-19)2-4-14(11)18;/h2-7H,9H2,1H3,(H3,20,21,22);1H. The van der Waals surface area contributed by atoms with Crippen LogP contribution >= 0.6 is 35.6 Å². The van der Waals surface area contributed by atoms with Gasteiger partial charge in [0, 0.05) is 11.3 Å². The Morgan fingerprint density at radius 2 is 2.12 bits per heavy atom. The molecule has 0 saturated carbocycles. The second-order valence-corrected chi connectivity index (χ2v) is 5.00. The lowest BCUT2D eigenvalue weighted by atomic mass is 10.1. The van der Waals surface area contributed by atoms with Crippen LogP contribution in [0.25, 0.3) is 0 Å². The van der Waals surface area contributed by atoms with Gasteiger partial charge in [-0.3, -0.25) is 0 Å². The van der Waals surface area contributed by atoms with E-state index in [1.807, 2.05) is 6.07 Å². The Morgan fingerprint density at radius 3 is 2.75 bits per heavy atom. The molecule has 0 atom stereocenters. The molecule has 0 heterocycles. The van der Waals surface area contributed by atoms with E-state index in [-0.39, 0.29) is 36.5 Å². The highest BCUT2D eigenvalue weighted by Crippen LogP contribution is 2.27. The monoisotopic (exact) mass is 460 g/mol. The Hall–Kier alpha value is -2.05. The number of halogens is 3. The Morgan fingerprint density at radius 1 is 1.38 bits per heavy atom. The first-order valence-electron chi connectivity index (χ1n) is 6.62. The van der Waals surface area contributed by atoms with Crippen LogP contribution in [-0.2, 0) is 6.54 Å². The second-order valence-electron chi connectivity index (χ2n) is 4.59. The summed E-state index contributed by atoms with van der Waals surface area (Å²) in [5.74, 6) is 0.212. The number of methoxy groups -OCH3 is 1. The molecule has 8 heteroatoms. The smallest absolute Gasteiger partial charge is 0.193 e. The molecule has 126 valence electrons. The lowest BCUT2D eigenvalue weighted by molar-refractivity contribution is 0.415. The Bertz CT molecular complexity index is 792. The topological polar surface area (TPSA) is 83.4 Å². The first kappa shape index (κ1) is 20.0. The maximum Gasteiger partial charge on any atom is 0.193 e. The van der Waals surface area contributed by atoms with Crippen LogP contribution in [-0.4, -0.2) is 13.1 Å². The van der Waals surface area contributed by atoms with Crippen molar-refractivity contribution in [2.24, 2.45) is 10.7 Å². The number of nitrogens with zero attached hydrogens (tertiary/aromatic N) is 2. The van der Waals surface area contributed by atoms with Crippen molar-refractivity contribution in [1.29, 1.82) is 5.26 Å². The molecule has 0 saturated heterocycles. The lowest BCUT2D eigenvalue weighted by Gasteiger charge is -2.08. The van der Waals surface area contributed by atoms with E-state index < -0.39 is 5.82 Å². The van der Waals surface area contributed by atoms with Gasteiger partial charge in [-0.2, -0.15) is 5.26 Å². The first-order valence-corrected chi connectivity index (χ1v) is 7.00. The number of nitrogens with one attached hydrogen (secondary N) is 1. The van der Waals surface area contributed by atoms with Crippen molar-refractivity contribution in [3.05, 3.63) is 58.4 Å². The molecule has 0 aliphatic rings. The van der Waals surface area contributed by atoms with Crippen molar-refractivity contribution < 1.29 is 9.13 Å². The van der Waals surface area contributed by atoms with Gasteiger partial charge in [-0.1, -0.05) is 11.6 Å². The fourth-order valence-corrected chi connectivity index (χ4v) is 2.13. The van der Waals surface area contributed by atoms with Crippen LogP contribution in [0.3, 0.4) is 0 Å². The third-order valence-corrected chi connectivity index (χ3v) is 3.31. The third-order valence-electron chi connectivity index (χ3n) is 3.02. The van der Waals surface area contributed by atoms with Crippen molar-refractivity contribution in [2.45, 2.75) is 6.54 Å². The number of rotatable bonds is 4. The van der Waals surface area contributed by atoms with Crippen LogP contribution in [0.15, 0.2) is 41.4 Å². The van der Waals surface area contributed by atoms with Gasteiger partial charge in [-0.15, -0.1) is 24.0 Å². The van der Waals surface area contributed by atoms with Crippen molar-refractivity contribution in [3.63, 3.8) is 0 Å². The quantitative estimate of drug-likeness (QED) is 0.412. The van der Waals surface area contributed by atoms with Crippen LogP contribution < -0.4 is 15.8 Å². The van der Waals surface area contributed by atoms with Crippen molar-refractivity contribution in [1.82, 2.24) is 0 Å². The summed E-state index contributed by atoms with van der Waals surface area (Å²) in [6.07, 6.45) is 0. The molecular formula is C16H15ClFIN4O. The minimum Gasteiger partial charge on any atom is -0.495 e. The van der Waals surface area contributed by atoms with Crippen LogP contribution in [0.5, 0.6) is 5.75 Å². The van der Waals surface area contributed by atoms with Crippen molar-refractivity contribution in [2.75, 3.05) is 12.4 Å². The largest absolute Gasteiger partial charge is 0.495 e. The van der Waals surface area contributed by atoms with Gasteiger partial charge in [0.1, 0.15) is 11.6 Å². The maximum atomic E-state index is 13.6. The van der Waals surface area contributed by atoms with Gasteiger partial charge in [0.05, 0.1) is 30.3 Å². The van der Waals surface area contributed by atoms with Crippen molar-refractivity contribution >= 4 is 47.2 Å². The molecule has 0 radical (unpaired) electrons. The van der Waals surface area contributed by atoms with Gasteiger partial charge in [0.15, 0.2) is 5.96 Å². The lowest BCUT2D eigenvalue weighted by Crippen LogP contribution is -2.22. The number of ether oxygens (including phenoxy) is 1. The molecule has 0 bridgehead atoms. The number of nitrogens with two attached hydrogens (primary N) is 1. The number of anilines is 1. The summed E-state index contributed by atoms with van der Waals surface area (Å²) in [7, 11) is 1.52. The SMILES string of the molecule is COc1ccc(NC(N)=NCc2cc(C#N)ccc2F)cc1Cl.I. The van der Waals surface area contributed by atoms with Gasteiger partial charge < -0.3 is 15.8 Å². The fraction of sp³-hybridized carbons (Fsp3) is 0.125. The molecule has 0 fully saturated rings. The van der Waals surface area contributed by atoms with Crippen molar-refractivity contribution in [3.8, 4) is 11.8 Å². The summed E-state index contributed by atoms with van der Waals surface area (Å²) in [5.41, 5.74) is 7.06. The first-order chi connectivity index (χ1) is 11.0. The van der Waals surface area contributed by atoms with E-state index in [4.69, 9.17) is 27.3 Å². The van der Waals surface area contributed by atoms with E-state index in [9.17, 15) is 4.39 Å². The average molecular weight is 461 g/mol. The van der Waals surface area contributed by atoms with Gasteiger partial charge in [-0.05, 0) is 36.4 Å². The predicted molar refractivity (Wildman–Crippen MR) is 103 cm³/mol. The molecule has 0 aromatic heterocycles. The summed E-state index contributed by atoms with van der Waals surface area (Å²) in [6, 6.07) is 11.1. The Kier molecular flexibility index (Phi) is 7.74. The van der Waals surface area contributed by atoms with E-state index in [1.54, 1.807) is 18.2 Å². The molecule has 24 heavy (non-hydrogen) atoms. The minimum atomic E-state index is -0.437. The molecule has 5 nitrogen and oxygen atoms in total. The van der Waals surface area contributed by atoms with E-state index >= 15 is 0 Å². The molecule has 0 spiro atoms. The Balaban J connectivity index is 0.00000288. The predicted octanol–water partition coefficient (Wildman–Crippen LogP) is 3.90. The zero-order valence-corrected chi connectivity index (χ0v) is 15.8. The van der Waals surface area contributed by atoms with Gasteiger partial charge >= 0.3 is 0 Å². The summed E-state index contributed by atoms with van der Waals surface area (Å²) in [6.45, 7) is 0.0179. The zero-order valence-electron chi connectivity index (χ0n) is 12.7. The molecule has 0 aliphatic carbocycles. The van der Waals surface area contributed by atoms with Crippen LogP contribution in [0.1, 0.15) is 11.1 Å². The molecule has 0 aliphatic heterocycles. The average Bonchev–Trinajstić information content (AvgIpc) is 2.54. The van der Waals surface area contributed by atoms with E-state index in [0.29, 0.717) is 27.6 Å². The number of hydrogen-bond donors (Lipinski definition) is 2. The van der Waals surface area contributed by atoms with E-state index in [2.05, 4.69) is 10.3 Å². The number of nitriles is 1. The van der Waals surface area contributed by atoms with E-state index in [1.165, 1.54) is 25.3 Å². The molecule has 2 rings (SSSR count). The van der Waals surface area contributed by atoms with Gasteiger partial charge in [0.25, 0.3) is 0 Å². The van der Waals surface area contributed by atoms with Crippen LogP contribution in [0.4, 0.5) is 10.1 Å². The second kappa shape index (κ2) is 9.30. The molecule has 0 unspecified atom stereocenters.